The molecule has 0 saturated heterocycles. The Morgan fingerprint density at radius 1 is 0.394 bits per heavy atom. The lowest BCUT2D eigenvalue weighted by atomic mass is 9.87. The molecule has 0 bridgehead atoms. The van der Waals surface area contributed by atoms with E-state index in [2.05, 4.69) is 297 Å². The normalized spacial score (nSPS) is 13.4. The number of hydrogen-bond acceptors (Lipinski definition) is 1. The van der Waals surface area contributed by atoms with Crippen molar-refractivity contribution in [2.75, 3.05) is 4.90 Å². The summed E-state index contributed by atoms with van der Waals surface area (Å²) in [6.45, 7) is 2.33. The monoisotopic (exact) mass is 909 g/mol. The zero-order valence-electron chi connectivity index (χ0n) is 40.1. The molecule has 10 aromatic rings. The molecule has 0 aliphatic heterocycles. The molecule has 11 rings (SSSR count). The van der Waals surface area contributed by atoms with Gasteiger partial charge in [-0.25, -0.2) is 0 Å². The third kappa shape index (κ3) is 10.3. The van der Waals surface area contributed by atoms with Crippen LogP contribution >= 0.6 is 0 Å². The van der Waals surface area contributed by atoms with E-state index in [-0.39, 0.29) is 0 Å². The van der Waals surface area contributed by atoms with Gasteiger partial charge >= 0.3 is 0 Å². The van der Waals surface area contributed by atoms with Crippen LogP contribution in [0, 0.1) is 5.92 Å². The fraction of sp³-hybridized carbons (Fsp3) is 0.0571. The van der Waals surface area contributed by atoms with Gasteiger partial charge in [-0.2, -0.15) is 0 Å². The largest absolute Gasteiger partial charge is 0.310 e. The van der Waals surface area contributed by atoms with Crippen LogP contribution in [0.4, 0.5) is 17.1 Å². The minimum Gasteiger partial charge on any atom is -0.310 e. The number of benzene rings is 10. The third-order valence-corrected chi connectivity index (χ3v) is 13.8. The summed E-state index contributed by atoms with van der Waals surface area (Å²) in [5.74, 6) is 0.485. The van der Waals surface area contributed by atoms with Gasteiger partial charge in [0.05, 0.1) is 0 Å². The Hall–Kier alpha value is -8.78. The van der Waals surface area contributed by atoms with Gasteiger partial charge in [0.2, 0.25) is 0 Å². The molecule has 10 aromatic carbocycles. The second kappa shape index (κ2) is 20.8. The molecule has 71 heavy (non-hydrogen) atoms. The van der Waals surface area contributed by atoms with Gasteiger partial charge in [-0.15, -0.1) is 0 Å². The van der Waals surface area contributed by atoms with Crippen molar-refractivity contribution >= 4 is 34.3 Å². The lowest BCUT2D eigenvalue weighted by Gasteiger charge is -2.27. The van der Waals surface area contributed by atoms with Crippen LogP contribution in [0.1, 0.15) is 35.6 Å². The second-order valence-electron chi connectivity index (χ2n) is 18.6. The predicted molar refractivity (Wildman–Crippen MR) is 304 cm³/mol. The Morgan fingerprint density at radius 3 is 1.24 bits per heavy atom. The maximum atomic E-state index is 2.42. The van der Waals surface area contributed by atoms with E-state index in [1.807, 2.05) is 0 Å². The minimum absolute atomic E-state index is 0.485. The van der Waals surface area contributed by atoms with E-state index in [9.17, 15) is 0 Å². The van der Waals surface area contributed by atoms with Gasteiger partial charge in [0.25, 0.3) is 0 Å². The zero-order valence-corrected chi connectivity index (χ0v) is 40.1. The Balaban J connectivity index is 1.05. The molecule has 0 heterocycles. The highest BCUT2D eigenvalue weighted by Gasteiger charge is 2.18. The average Bonchev–Trinajstić information content (AvgIpc) is 3.45. The molecule has 0 amide bonds. The SMILES string of the molecule is CC1CC=CC=C1c1ccc(/C(=C\c2ccc(-c3ccccc3)cc2)Cc2cc(-c3ccc(-c4ccccc4)cc3)cc(N(c3ccc(-c4ccccc4)cc3)c3ccc(-c4ccccc4)cc3)c2)cc1. The maximum Gasteiger partial charge on any atom is 0.0470 e. The molecule has 1 heteroatoms. The average molecular weight is 910 g/mol. The van der Waals surface area contributed by atoms with Crippen LogP contribution in [0.25, 0.3) is 72.9 Å². The lowest BCUT2D eigenvalue weighted by Crippen LogP contribution is -2.11. The molecule has 0 aromatic heterocycles. The number of anilines is 3. The third-order valence-electron chi connectivity index (χ3n) is 13.8. The topological polar surface area (TPSA) is 3.24 Å². The van der Waals surface area contributed by atoms with Crippen molar-refractivity contribution in [3.63, 3.8) is 0 Å². The van der Waals surface area contributed by atoms with Crippen LogP contribution in [0.5, 0.6) is 0 Å². The van der Waals surface area contributed by atoms with Gasteiger partial charge in [0.15, 0.2) is 0 Å². The van der Waals surface area contributed by atoms with Crippen molar-refractivity contribution in [3.05, 3.63) is 301 Å². The first kappa shape index (κ1) is 44.7. The smallest absolute Gasteiger partial charge is 0.0470 e. The quantitative estimate of drug-likeness (QED) is 0.104. The van der Waals surface area contributed by atoms with Crippen LogP contribution in [0.3, 0.4) is 0 Å². The minimum atomic E-state index is 0.485. The lowest BCUT2D eigenvalue weighted by molar-refractivity contribution is 0.758. The molecule has 1 aliphatic rings. The predicted octanol–water partition coefficient (Wildman–Crippen LogP) is 19.3. The molecular weight excluding hydrogens is 855 g/mol. The van der Waals surface area contributed by atoms with Crippen molar-refractivity contribution in [3.8, 4) is 55.6 Å². The van der Waals surface area contributed by atoms with E-state index in [1.165, 1.54) is 83.5 Å². The molecular formula is C70H55N. The summed E-state index contributed by atoms with van der Waals surface area (Å²) in [5.41, 5.74) is 22.7. The Kier molecular flexibility index (Phi) is 13.1. The summed E-state index contributed by atoms with van der Waals surface area (Å²) in [6.07, 6.45) is 10.9. The number of rotatable bonds is 13. The first-order valence-corrected chi connectivity index (χ1v) is 24.8. The van der Waals surface area contributed by atoms with Gasteiger partial charge in [0, 0.05) is 17.1 Å². The second-order valence-corrected chi connectivity index (χ2v) is 18.6. The summed E-state index contributed by atoms with van der Waals surface area (Å²) in [5, 5.41) is 0. The van der Waals surface area contributed by atoms with Gasteiger partial charge in [-0.05, 0) is 144 Å². The fourth-order valence-corrected chi connectivity index (χ4v) is 9.93. The van der Waals surface area contributed by atoms with Crippen molar-refractivity contribution in [2.24, 2.45) is 5.92 Å². The number of allylic oxidation sites excluding steroid dienone is 5. The van der Waals surface area contributed by atoms with E-state index in [0.29, 0.717) is 5.92 Å². The zero-order chi connectivity index (χ0) is 47.8. The van der Waals surface area contributed by atoms with Crippen LogP contribution in [-0.2, 0) is 6.42 Å². The highest BCUT2D eigenvalue weighted by atomic mass is 15.1. The van der Waals surface area contributed by atoms with Crippen molar-refractivity contribution in [1.82, 2.24) is 0 Å². The first-order valence-electron chi connectivity index (χ1n) is 24.8. The molecule has 340 valence electrons. The van der Waals surface area contributed by atoms with E-state index < -0.39 is 0 Å². The van der Waals surface area contributed by atoms with Gasteiger partial charge in [-0.3, -0.25) is 0 Å². The van der Waals surface area contributed by atoms with Crippen LogP contribution < -0.4 is 4.90 Å². The molecule has 0 saturated carbocycles. The highest BCUT2D eigenvalue weighted by Crippen LogP contribution is 2.41. The molecule has 1 nitrogen and oxygen atoms in total. The van der Waals surface area contributed by atoms with Gasteiger partial charge in [0.1, 0.15) is 0 Å². The van der Waals surface area contributed by atoms with Crippen LogP contribution in [0.2, 0.25) is 0 Å². The van der Waals surface area contributed by atoms with Gasteiger partial charge < -0.3 is 4.90 Å². The standard InChI is InChI=1S/C70H55N/c1-51-16-14-15-25-70(51)64-36-34-62(35-37-64)65(46-52-26-28-58(29-27-52)54-17-6-2-7-18-54)47-53-48-66(63-32-30-59(31-33-63)55-19-8-3-9-20-55)50-69(49-53)71(67-42-38-60(39-43-67)56-21-10-4-11-22-56)68-44-40-61(41-45-68)57-23-12-5-13-24-57/h2-15,17-46,48-51H,16,47H2,1H3/b65-46-. The van der Waals surface area contributed by atoms with Gasteiger partial charge in [-0.1, -0.05) is 256 Å². The Morgan fingerprint density at radius 2 is 0.789 bits per heavy atom. The summed E-state index contributed by atoms with van der Waals surface area (Å²) in [4.78, 5) is 2.42. The summed E-state index contributed by atoms with van der Waals surface area (Å²) < 4.78 is 0. The summed E-state index contributed by atoms with van der Waals surface area (Å²) in [6, 6.07) is 95.1. The molecule has 0 N–H and O–H groups in total. The molecule has 1 atom stereocenters. The maximum absolute atomic E-state index is 2.42. The molecule has 0 spiro atoms. The van der Waals surface area contributed by atoms with E-state index >= 15 is 0 Å². The van der Waals surface area contributed by atoms with Crippen molar-refractivity contribution in [1.29, 1.82) is 0 Å². The van der Waals surface area contributed by atoms with Crippen molar-refractivity contribution in [2.45, 2.75) is 19.8 Å². The van der Waals surface area contributed by atoms with E-state index in [0.717, 1.165) is 35.5 Å². The number of nitrogens with zero attached hydrogens (tertiary/aromatic N) is 1. The first-order chi connectivity index (χ1) is 35.1. The number of hydrogen-bond donors (Lipinski definition) is 0. The Labute approximate surface area is 419 Å². The van der Waals surface area contributed by atoms with E-state index in [4.69, 9.17) is 0 Å². The summed E-state index contributed by atoms with van der Waals surface area (Å²) >= 11 is 0. The molecule has 1 aliphatic carbocycles. The van der Waals surface area contributed by atoms with Crippen molar-refractivity contribution < 1.29 is 0 Å². The van der Waals surface area contributed by atoms with Crippen LogP contribution in [0.15, 0.2) is 279 Å². The Bertz CT molecular complexity index is 3360. The van der Waals surface area contributed by atoms with E-state index in [1.54, 1.807) is 0 Å². The highest BCUT2D eigenvalue weighted by molar-refractivity contribution is 5.87. The fourth-order valence-electron chi connectivity index (χ4n) is 9.93. The van der Waals surface area contributed by atoms with Crippen LogP contribution in [-0.4, -0.2) is 0 Å². The molecule has 0 radical (unpaired) electrons. The molecule has 1 unspecified atom stereocenters. The summed E-state index contributed by atoms with van der Waals surface area (Å²) in [7, 11) is 0. The molecule has 0 fully saturated rings.